The molecule has 0 radical (unpaired) electrons. The maximum atomic E-state index is 12.1. The van der Waals surface area contributed by atoms with Gasteiger partial charge >= 0.3 is 17.9 Å². The van der Waals surface area contributed by atoms with E-state index in [9.17, 15) is 14.4 Å². The molecule has 8 heteroatoms. The second kappa shape index (κ2) is 14.8. The van der Waals surface area contributed by atoms with Crippen LogP contribution in [-0.2, 0) is 25.5 Å². The number of halogens is 1. The standard InChI is InChI=1S/C22H33NO6.ClH/c1-5-7-9-20(24)28-18-12-11-16(13-17(23)22(26)27-15(3)4)14-19(18)29-21(25)10-8-6-2;/h11-12,14-15,17H,5-10,13,23H2,1-4H3;1H/t17-;/m0./s1. The summed E-state index contributed by atoms with van der Waals surface area (Å²) in [5.74, 6) is -0.964. The molecule has 0 amide bonds. The quantitative estimate of drug-likeness (QED) is 0.382. The Morgan fingerprint density at radius 1 is 0.933 bits per heavy atom. The smallest absolute Gasteiger partial charge is 0.323 e. The monoisotopic (exact) mass is 443 g/mol. The van der Waals surface area contributed by atoms with Crippen molar-refractivity contribution in [1.82, 2.24) is 0 Å². The average Bonchev–Trinajstić information content (AvgIpc) is 2.66. The Labute approximate surface area is 185 Å². The van der Waals surface area contributed by atoms with Crippen molar-refractivity contribution in [2.24, 2.45) is 5.73 Å². The highest BCUT2D eigenvalue weighted by atomic mass is 35.5. The van der Waals surface area contributed by atoms with Crippen LogP contribution in [0.1, 0.15) is 71.8 Å². The summed E-state index contributed by atoms with van der Waals surface area (Å²) < 4.78 is 15.9. The fraction of sp³-hybridized carbons (Fsp3) is 0.591. The van der Waals surface area contributed by atoms with Gasteiger partial charge in [-0.15, -0.1) is 12.4 Å². The fourth-order valence-corrected chi connectivity index (χ4v) is 2.49. The Hall–Kier alpha value is -2.12. The molecule has 0 bridgehead atoms. The number of nitrogens with two attached hydrogens (primary N) is 1. The van der Waals surface area contributed by atoms with Crippen LogP contribution in [0, 0.1) is 0 Å². The third-order valence-corrected chi connectivity index (χ3v) is 4.03. The van der Waals surface area contributed by atoms with E-state index >= 15 is 0 Å². The molecule has 2 N–H and O–H groups in total. The molecule has 0 heterocycles. The fourth-order valence-electron chi connectivity index (χ4n) is 2.49. The van der Waals surface area contributed by atoms with E-state index in [1.165, 1.54) is 0 Å². The van der Waals surface area contributed by atoms with E-state index in [4.69, 9.17) is 19.9 Å². The van der Waals surface area contributed by atoms with Crippen molar-refractivity contribution >= 4 is 30.3 Å². The van der Waals surface area contributed by atoms with Crippen LogP contribution in [0.4, 0.5) is 0 Å². The summed E-state index contributed by atoms with van der Waals surface area (Å²) >= 11 is 0. The maximum absolute atomic E-state index is 12.1. The number of rotatable bonds is 12. The van der Waals surface area contributed by atoms with Crippen molar-refractivity contribution in [3.05, 3.63) is 23.8 Å². The minimum Gasteiger partial charge on any atom is -0.462 e. The summed E-state index contributed by atoms with van der Waals surface area (Å²) in [4.78, 5) is 36.0. The molecule has 1 atom stereocenters. The lowest BCUT2D eigenvalue weighted by Gasteiger charge is -2.15. The number of benzene rings is 1. The molecule has 0 saturated carbocycles. The number of esters is 3. The van der Waals surface area contributed by atoms with E-state index in [1.54, 1.807) is 32.0 Å². The zero-order valence-electron chi connectivity index (χ0n) is 18.3. The summed E-state index contributed by atoms with van der Waals surface area (Å²) in [5.41, 5.74) is 6.59. The Morgan fingerprint density at radius 3 is 1.97 bits per heavy atom. The lowest BCUT2D eigenvalue weighted by atomic mass is 10.1. The van der Waals surface area contributed by atoms with E-state index in [-0.39, 0.29) is 55.2 Å². The van der Waals surface area contributed by atoms with E-state index in [0.29, 0.717) is 12.0 Å². The van der Waals surface area contributed by atoms with E-state index in [2.05, 4.69) is 0 Å². The topological polar surface area (TPSA) is 105 Å². The van der Waals surface area contributed by atoms with E-state index in [1.807, 2.05) is 13.8 Å². The van der Waals surface area contributed by atoms with Crippen molar-refractivity contribution in [3.8, 4) is 11.5 Å². The van der Waals surface area contributed by atoms with Gasteiger partial charge in [0, 0.05) is 12.8 Å². The minimum absolute atomic E-state index is 0. The number of carbonyl (C=O) groups is 3. The van der Waals surface area contributed by atoms with Crippen LogP contribution in [0.15, 0.2) is 18.2 Å². The zero-order valence-corrected chi connectivity index (χ0v) is 19.1. The molecule has 0 aliphatic rings. The number of carbonyl (C=O) groups excluding carboxylic acids is 3. The van der Waals surface area contributed by atoms with Gasteiger partial charge < -0.3 is 19.9 Å². The molecular formula is C22H34ClNO6. The molecule has 0 unspecified atom stereocenters. The summed E-state index contributed by atoms with van der Waals surface area (Å²) in [6.45, 7) is 7.46. The number of ether oxygens (including phenoxy) is 3. The van der Waals surface area contributed by atoms with Gasteiger partial charge in [-0.2, -0.15) is 0 Å². The summed E-state index contributed by atoms with van der Waals surface area (Å²) in [6.07, 6.45) is 3.66. The lowest BCUT2D eigenvalue weighted by Crippen LogP contribution is -2.35. The van der Waals surface area contributed by atoms with Crippen LogP contribution in [-0.4, -0.2) is 30.1 Å². The van der Waals surface area contributed by atoms with Crippen molar-refractivity contribution < 1.29 is 28.6 Å². The Morgan fingerprint density at radius 2 is 1.47 bits per heavy atom. The molecule has 0 aliphatic carbocycles. The summed E-state index contributed by atoms with van der Waals surface area (Å²) in [5, 5.41) is 0. The van der Waals surface area contributed by atoms with Crippen LogP contribution in [0.5, 0.6) is 11.5 Å². The average molecular weight is 444 g/mol. The van der Waals surface area contributed by atoms with Gasteiger partial charge in [0.2, 0.25) is 0 Å². The van der Waals surface area contributed by atoms with E-state index < -0.39 is 18.0 Å². The zero-order chi connectivity index (χ0) is 21.8. The molecule has 1 rings (SSSR count). The predicted molar refractivity (Wildman–Crippen MR) is 117 cm³/mol. The van der Waals surface area contributed by atoms with E-state index in [0.717, 1.165) is 19.3 Å². The summed E-state index contributed by atoms with van der Waals surface area (Å²) in [6, 6.07) is 3.98. The molecule has 0 fully saturated rings. The maximum Gasteiger partial charge on any atom is 0.323 e. The van der Waals surface area contributed by atoms with Crippen LogP contribution < -0.4 is 15.2 Å². The SMILES string of the molecule is CCCCC(=O)Oc1ccc(C[C@H](N)C(=O)OC(C)C)cc1OC(=O)CCCC.Cl. The van der Waals surface area contributed by atoms with Crippen molar-refractivity contribution in [3.63, 3.8) is 0 Å². The van der Waals surface area contributed by atoms with Gasteiger partial charge in [-0.1, -0.05) is 32.8 Å². The van der Waals surface area contributed by atoms with Gasteiger partial charge in [0.05, 0.1) is 6.10 Å². The Bertz CT molecular complexity index is 692. The second-order valence-corrected chi connectivity index (χ2v) is 7.23. The molecule has 170 valence electrons. The first-order valence-electron chi connectivity index (χ1n) is 10.3. The normalized spacial score (nSPS) is 11.4. The number of unbranched alkanes of at least 4 members (excludes halogenated alkanes) is 2. The molecule has 0 saturated heterocycles. The summed E-state index contributed by atoms with van der Waals surface area (Å²) in [7, 11) is 0. The first-order chi connectivity index (χ1) is 13.8. The third-order valence-electron chi connectivity index (χ3n) is 4.03. The molecule has 1 aromatic rings. The van der Waals surface area contributed by atoms with Crippen molar-refractivity contribution in [2.75, 3.05) is 0 Å². The minimum atomic E-state index is -0.848. The van der Waals surface area contributed by atoms with Gasteiger partial charge in [-0.05, 0) is 50.8 Å². The van der Waals surface area contributed by atoms with Gasteiger partial charge in [0.25, 0.3) is 0 Å². The molecule has 0 aliphatic heterocycles. The Balaban J connectivity index is 0.00000841. The highest BCUT2D eigenvalue weighted by Crippen LogP contribution is 2.30. The lowest BCUT2D eigenvalue weighted by molar-refractivity contribution is -0.149. The van der Waals surface area contributed by atoms with Gasteiger partial charge in [0.15, 0.2) is 11.5 Å². The van der Waals surface area contributed by atoms with Crippen molar-refractivity contribution in [1.29, 1.82) is 0 Å². The first kappa shape index (κ1) is 27.9. The van der Waals surface area contributed by atoms with Crippen molar-refractivity contribution in [2.45, 2.75) is 84.8 Å². The van der Waals surface area contributed by atoms with Crippen LogP contribution >= 0.6 is 12.4 Å². The van der Waals surface area contributed by atoms with Gasteiger partial charge in [0.1, 0.15) is 6.04 Å². The van der Waals surface area contributed by atoms with Crippen LogP contribution in [0.25, 0.3) is 0 Å². The Kier molecular flexibility index (Phi) is 13.8. The number of hydrogen-bond donors (Lipinski definition) is 1. The molecular weight excluding hydrogens is 410 g/mol. The van der Waals surface area contributed by atoms with Gasteiger partial charge in [-0.3, -0.25) is 14.4 Å². The molecule has 1 aromatic carbocycles. The molecule has 0 spiro atoms. The van der Waals surface area contributed by atoms with Crippen LogP contribution in [0.3, 0.4) is 0 Å². The van der Waals surface area contributed by atoms with Crippen LogP contribution in [0.2, 0.25) is 0 Å². The first-order valence-corrected chi connectivity index (χ1v) is 10.3. The molecule has 0 aromatic heterocycles. The predicted octanol–water partition coefficient (Wildman–Crippen LogP) is 4.12. The largest absolute Gasteiger partial charge is 0.462 e. The highest BCUT2D eigenvalue weighted by molar-refractivity contribution is 5.85. The molecule has 7 nitrogen and oxygen atoms in total. The van der Waals surface area contributed by atoms with Gasteiger partial charge in [-0.25, -0.2) is 0 Å². The number of hydrogen-bond acceptors (Lipinski definition) is 7. The highest BCUT2D eigenvalue weighted by Gasteiger charge is 2.20. The molecule has 30 heavy (non-hydrogen) atoms. The second-order valence-electron chi connectivity index (χ2n) is 7.23. The third kappa shape index (κ3) is 10.6.